The molecule has 0 spiro atoms. The minimum absolute atomic E-state index is 0.0679. The molecule has 4 N–H and O–H groups in total. The molecule has 0 aliphatic rings. The number of non-ortho nitro benzene ring substituents is 1. The van der Waals surface area contributed by atoms with Gasteiger partial charge in [-0.05, 0) is 17.5 Å². The van der Waals surface area contributed by atoms with Crippen molar-refractivity contribution in [1.29, 1.82) is 0 Å². The second kappa shape index (κ2) is 5.45. The molecule has 0 unspecified atom stereocenters. The first-order valence-electron chi connectivity index (χ1n) is 5.24. The molecule has 1 aromatic carbocycles. The number of nitrogens with one attached hydrogen (secondary N) is 2. The molecule has 0 aliphatic carbocycles. The van der Waals surface area contributed by atoms with Crippen LogP contribution >= 0.6 is 11.3 Å². The minimum atomic E-state index is -3.97. The second-order valence-corrected chi connectivity index (χ2v) is 6.13. The van der Waals surface area contributed by atoms with Crippen LogP contribution in [0.25, 0.3) is 0 Å². The van der Waals surface area contributed by atoms with E-state index in [1.54, 1.807) is 16.8 Å². The number of nitrogens with zero attached hydrogens (tertiary/aromatic N) is 1. The lowest BCUT2D eigenvalue weighted by Crippen LogP contribution is -2.17. The smallest absolute Gasteiger partial charge is 0.270 e. The molecule has 1 aromatic heterocycles. The predicted molar refractivity (Wildman–Crippen MR) is 76.0 cm³/mol. The summed E-state index contributed by atoms with van der Waals surface area (Å²) in [5, 5.41) is 14.0. The quantitative estimate of drug-likeness (QED) is 0.438. The van der Waals surface area contributed by atoms with Crippen molar-refractivity contribution in [1.82, 2.24) is 0 Å². The van der Waals surface area contributed by atoms with Gasteiger partial charge < -0.3 is 5.43 Å². The molecular weight excluding hydrogens is 304 g/mol. The van der Waals surface area contributed by atoms with E-state index in [1.165, 1.54) is 23.5 Å². The average molecular weight is 314 g/mol. The molecule has 0 aliphatic heterocycles. The minimum Gasteiger partial charge on any atom is -0.323 e. The lowest BCUT2D eigenvalue weighted by molar-refractivity contribution is -0.385. The molecule has 8 nitrogen and oxygen atoms in total. The highest BCUT2D eigenvalue weighted by Crippen LogP contribution is 2.28. The van der Waals surface area contributed by atoms with Crippen molar-refractivity contribution < 1.29 is 13.3 Å². The molecule has 0 atom stereocenters. The van der Waals surface area contributed by atoms with Crippen molar-refractivity contribution in [2.75, 3.05) is 10.1 Å². The number of nitrogen functional groups attached to an aromatic ring is 1. The molecule has 0 radical (unpaired) electrons. The molecule has 0 amide bonds. The number of hydrogen-bond donors (Lipinski definition) is 3. The van der Waals surface area contributed by atoms with E-state index in [9.17, 15) is 18.5 Å². The van der Waals surface area contributed by atoms with Crippen LogP contribution in [0.4, 0.5) is 17.1 Å². The highest BCUT2D eigenvalue weighted by molar-refractivity contribution is 7.93. The van der Waals surface area contributed by atoms with E-state index < -0.39 is 14.9 Å². The SMILES string of the molecule is NNc1ccc([N+](=O)[O-])cc1S(=O)(=O)Nc1ccsc1. The van der Waals surface area contributed by atoms with Gasteiger partial charge in [0.2, 0.25) is 0 Å². The van der Waals surface area contributed by atoms with Crippen molar-refractivity contribution in [2.45, 2.75) is 4.90 Å². The fraction of sp³-hybridized carbons (Fsp3) is 0. The molecule has 1 heterocycles. The van der Waals surface area contributed by atoms with Gasteiger partial charge in [-0.2, -0.15) is 11.3 Å². The Morgan fingerprint density at radius 1 is 1.30 bits per heavy atom. The lowest BCUT2D eigenvalue weighted by atomic mass is 10.3. The summed E-state index contributed by atoms with van der Waals surface area (Å²) >= 11 is 1.32. The summed E-state index contributed by atoms with van der Waals surface area (Å²) in [5.41, 5.74) is 2.32. The number of nitro benzene ring substituents is 1. The first kappa shape index (κ1) is 14.2. The zero-order chi connectivity index (χ0) is 14.8. The molecule has 0 bridgehead atoms. The van der Waals surface area contributed by atoms with E-state index in [-0.39, 0.29) is 16.3 Å². The fourth-order valence-electron chi connectivity index (χ4n) is 1.50. The van der Waals surface area contributed by atoms with Gasteiger partial charge in [0.1, 0.15) is 4.90 Å². The summed E-state index contributed by atoms with van der Waals surface area (Å²) in [6, 6.07) is 4.93. The summed E-state index contributed by atoms with van der Waals surface area (Å²) in [5.74, 6) is 5.24. The third kappa shape index (κ3) is 2.87. The number of sulfonamides is 1. The number of thiophene rings is 1. The van der Waals surface area contributed by atoms with Crippen LogP contribution in [0.3, 0.4) is 0 Å². The molecular formula is C10H10N4O4S2. The Balaban J connectivity index is 2.48. The predicted octanol–water partition coefficient (Wildman–Crippen LogP) is 1.74. The van der Waals surface area contributed by atoms with E-state index in [1.807, 2.05) is 0 Å². The summed E-state index contributed by atoms with van der Waals surface area (Å²) < 4.78 is 26.8. The maximum atomic E-state index is 12.2. The van der Waals surface area contributed by atoms with E-state index in [0.717, 1.165) is 6.07 Å². The summed E-state index contributed by atoms with van der Waals surface area (Å²) in [7, 11) is -3.97. The average Bonchev–Trinajstić information content (AvgIpc) is 2.90. The lowest BCUT2D eigenvalue weighted by Gasteiger charge is -2.10. The van der Waals surface area contributed by atoms with Gasteiger partial charge in [-0.3, -0.25) is 20.7 Å². The van der Waals surface area contributed by atoms with Crippen molar-refractivity contribution in [3.63, 3.8) is 0 Å². The van der Waals surface area contributed by atoms with Gasteiger partial charge in [0, 0.05) is 17.5 Å². The van der Waals surface area contributed by atoms with E-state index >= 15 is 0 Å². The number of hydrogen-bond acceptors (Lipinski definition) is 7. The molecule has 0 saturated heterocycles. The van der Waals surface area contributed by atoms with E-state index in [2.05, 4.69) is 10.1 Å². The van der Waals surface area contributed by atoms with Gasteiger partial charge in [0.15, 0.2) is 0 Å². The summed E-state index contributed by atoms with van der Waals surface area (Å²) in [4.78, 5) is 9.77. The molecule has 106 valence electrons. The normalized spacial score (nSPS) is 11.1. The van der Waals surface area contributed by atoms with Gasteiger partial charge >= 0.3 is 0 Å². The number of nitrogens with two attached hydrogens (primary N) is 1. The van der Waals surface area contributed by atoms with Crippen molar-refractivity contribution in [3.05, 3.63) is 45.1 Å². The number of hydrazine groups is 1. The Kier molecular flexibility index (Phi) is 3.88. The first-order chi connectivity index (χ1) is 9.44. The van der Waals surface area contributed by atoms with Gasteiger partial charge in [-0.15, -0.1) is 0 Å². The van der Waals surface area contributed by atoms with Crippen molar-refractivity contribution >= 4 is 38.4 Å². The standard InChI is InChI=1S/C10H10N4O4S2/c11-12-9-2-1-8(14(15)16)5-10(9)20(17,18)13-7-3-4-19-6-7/h1-6,12-13H,11H2. The van der Waals surface area contributed by atoms with Crippen LogP contribution in [-0.2, 0) is 10.0 Å². The maximum absolute atomic E-state index is 12.2. The van der Waals surface area contributed by atoms with Crippen molar-refractivity contribution in [2.24, 2.45) is 5.84 Å². The maximum Gasteiger partial charge on any atom is 0.270 e. The van der Waals surface area contributed by atoms with Crippen LogP contribution in [0.1, 0.15) is 0 Å². The Bertz CT molecular complexity index is 728. The molecule has 0 saturated carbocycles. The van der Waals surface area contributed by atoms with E-state index in [0.29, 0.717) is 5.69 Å². The first-order valence-corrected chi connectivity index (χ1v) is 7.67. The highest BCUT2D eigenvalue weighted by Gasteiger charge is 2.22. The van der Waals surface area contributed by atoms with Crippen LogP contribution in [0.15, 0.2) is 39.9 Å². The molecule has 0 fully saturated rings. The molecule has 2 rings (SSSR count). The molecule has 10 heteroatoms. The number of anilines is 2. The summed E-state index contributed by atoms with van der Waals surface area (Å²) in [6.07, 6.45) is 0. The van der Waals surface area contributed by atoms with Gasteiger partial charge in [-0.1, -0.05) is 0 Å². The zero-order valence-corrected chi connectivity index (χ0v) is 11.6. The number of rotatable bonds is 5. The Morgan fingerprint density at radius 2 is 2.05 bits per heavy atom. The third-order valence-corrected chi connectivity index (χ3v) is 4.50. The largest absolute Gasteiger partial charge is 0.323 e. The van der Waals surface area contributed by atoms with Crippen LogP contribution in [0.5, 0.6) is 0 Å². The number of nitro groups is 1. The van der Waals surface area contributed by atoms with E-state index in [4.69, 9.17) is 5.84 Å². The van der Waals surface area contributed by atoms with Crippen LogP contribution < -0.4 is 16.0 Å². The Morgan fingerprint density at radius 3 is 2.60 bits per heavy atom. The zero-order valence-electron chi connectivity index (χ0n) is 9.94. The Labute approximate surface area is 118 Å². The number of benzene rings is 1. The van der Waals surface area contributed by atoms with Crippen LogP contribution in [-0.4, -0.2) is 13.3 Å². The molecule has 20 heavy (non-hydrogen) atoms. The highest BCUT2D eigenvalue weighted by atomic mass is 32.2. The summed E-state index contributed by atoms with van der Waals surface area (Å²) in [6.45, 7) is 0. The van der Waals surface area contributed by atoms with Gasteiger partial charge in [-0.25, -0.2) is 8.42 Å². The third-order valence-electron chi connectivity index (χ3n) is 2.39. The van der Waals surface area contributed by atoms with Gasteiger partial charge in [0.25, 0.3) is 15.7 Å². The second-order valence-electron chi connectivity index (χ2n) is 3.70. The molecule has 2 aromatic rings. The Hall–Kier alpha value is -2.17. The van der Waals surface area contributed by atoms with Crippen LogP contribution in [0.2, 0.25) is 0 Å². The van der Waals surface area contributed by atoms with Gasteiger partial charge in [0.05, 0.1) is 16.3 Å². The van der Waals surface area contributed by atoms with Crippen molar-refractivity contribution in [3.8, 4) is 0 Å². The topological polar surface area (TPSA) is 127 Å². The monoisotopic (exact) mass is 314 g/mol. The van der Waals surface area contributed by atoms with Crippen LogP contribution in [0, 0.1) is 10.1 Å². The fourth-order valence-corrected chi connectivity index (χ4v) is 3.40.